The van der Waals surface area contributed by atoms with Gasteiger partial charge in [0.05, 0.1) is 17.4 Å². The van der Waals surface area contributed by atoms with Gasteiger partial charge in [0, 0.05) is 24.3 Å². The number of hydrogen-bond donors (Lipinski definition) is 1. The van der Waals surface area contributed by atoms with E-state index in [4.69, 9.17) is 0 Å². The molecule has 1 amide bonds. The summed E-state index contributed by atoms with van der Waals surface area (Å²) >= 11 is 0. The summed E-state index contributed by atoms with van der Waals surface area (Å²) in [5, 5.41) is 4.28. The Labute approximate surface area is 152 Å². The molecule has 2 heterocycles. The van der Waals surface area contributed by atoms with Crippen molar-refractivity contribution in [2.45, 2.75) is 26.4 Å². The number of carbonyl (C=O) groups excluding carboxylic acids is 1. The Bertz CT molecular complexity index is 1060. The van der Waals surface area contributed by atoms with Crippen molar-refractivity contribution in [3.8, 4) is 0 Å². The number of imidazole rings is 1. The third-order valence-electron chi connectivity index (χ3n) is 4.74. The summed E-state index contributed by atoms with van der Waals surface area (Å²) in [7, 11) is 0. The first-order valence-corrected chi connectivity index (χ1v) is 8.94. The van der Waals surface area contributed by atoms with Gasteiger partial charge in [-0.05, 0) is 43.0 Å². The Balaban J connectivity index is 1.32. The van der Waals surface area contributed by atoms with Crippen LogP contribution in [0.1, 0.15) is 12.1 Å². The van der Waals surface area contributed by atoms with Crippen LogP contribution in [-0.2, 0) is 17.9 Å². The van der Waals surface area contributed by atoms with E-state index in [0.29, 0.717) is 13.1 Å². The molecule has 4 aromatic rings. The molecule has 4 rings (SSSR count). The minimum absolute atomic E-state index is 0.0160. The first-order chi connectivity index (χ1) is 12.7. The Morgan fingerprint density at radius 3 is 2.73 bits per heavy atom. The number of rotatable bonds is 6. The van der Waals surface area contributed by atoms with Gasteiger partial charge in [0.25, 0.3) is 0 Å². The highest BCUT2D eigenvalue weighted by Gasteiger charge is 2.07. The molecular formula is C21H22N4O. The number of aromatic nitrogens is 3. The number of nitrogens with zero attached hydrogens (tertiary/aromatic N) is 3. The van der Waals surface area contributed by atoms with Crippen LogP contribution in [0.5, 0.6) is 0 Å². The van der Waals surface area contributed by atoms with Gasteiger partial charge in [-0.15, -0.1) is 0 Å². The topological polar surface area (TPSA) is 51.9 Å². The maximum absolute atomic E-state index is 12.2. The van der Waals surface area contributed by atoms with E-state index < -0.39 is 0 Å². The molecule has 0 bridgehead atoms. The van der Waals surface area contributed by atoms with Crippen molar-refractivity contribution in [3.63, 3.8) is 0 Å². The Morgan fingerprint density at radius 1 is 1.08 bits per heavy atom. The van der Waals surface area contributed by atoms with Crippen molar-refractivity contribution in [1.82, 2.24) is 19.4 Å². The van der Waals surface area contributed by atoms with Crippen LogP contribution in [0, 0.1) is 6.92 Å². The molecule has 2 aromatic carbocycles. The lowest BCUT2D eigenvalue weighted by Crippen LogP contribution is -2.28. The van der Waals surface area contributed by atoms with Crippen LogP contribution in [0.15, 0.2) is 60.9 Å². The van der Waals surface area contributed by atoms with E-state index in [1.807, 2.05) is 28.8 Å². The number of para-hydroxylation sites is 3. The van der Waals surface area contributed by atoms with E-state index in [2.05, 4.69) is 52.1 Å². The van der Waals surface area contributed by atoms with E-state index >= 15 is 0 Å². The standard InChI is InChI=1S/C21H22N4O/c1-16-13-17-7-2-4-9-19(17)25(16)12-6-11-22-21(26)14-24-15-23-18-8-3-5-10-20(18)24/h2-5,7-10,13,15H,6,11-12,14H2,1H3,(H,22,26). The minimum Gasteiger partial charge on any atom is -0.354 e. The van der Waals surface area contributed by atoms with Gasteiger partial charge >= 0.3 is 0 Å². The van der Waals surface area contributed by atoms with E-state index in [-0.39, 0.29) is 5.91 Å². The second-order valence-corrected chi connectivity index (χ2v) is 6.56. The lowest BCUT2D eigenvalue weighted by Gasteiger charge is -2.10. The van der Waals surface area contributed by atoms with E-state index in [1.54, 1.807) is 6.33 Å². The summed E-state index contributed by atoms with van der Waals surface area (Å²) < 4.78 is 4.19. The lowest BCUT2D eigenvalue weighted by atomic mass is 10.2. The number of amides is 1. The quantitative estimate of drug-likeness (QED) is 0.543. The number of nitrogens with one attached hydrogen (secondary N) is 1. The van der Waals surface area contributed by atoms with Gasteiger partial charge < -0.3 is 14.5 Å². The molecule has 0 saturated carbocycles. The summed E-state index contributed by atoms with van der Waals surface area (Å²) in [4.78, 5) is 16.5. The smallest absolute Gasteiger partial charge is 0.239 e. The molecule has 2 aromatic heterocycles. The normalized spacial score (nSPS) is 11.3. The summed E-state index contributed by atoms with van der Waals surface area (Å²) in [6.07, 6.45) is 2.62. The monoisotopic (exact) mass is 346 g/mol. The molecule has 0 aliphatic heterocycles. The Kier molecular flexibility index (Phi) is 4.44. The zero-order chi connectivity index (χ0) is 17.9. The molecule has 132 valence electrons. The molecule has 0 aliphatic carbocycles. The number of carbonyl (C=O) groups is 1. The summed E-state index contributed by atoms with van der Waals surface area (Å²) in [5.74, 6) is 0.0160. The van der Waals surface area contributed by atoms with Crippen LogP contribution in [0.4, 0.5) is 0 Å². The summed E-state index contributed by atoms with van der Waals surface area (Å²) in [6, 6.07) is 18.5. The SMILES string of the molecule is Cc1cc2ccccc2n1CCCNC(=O)Cn1cnc2ccccc21. The zero-order valence-electron chi connectivity index (χ0n) is 14.9. The van der Waals surface area contributed by atoms with Crippen LogP contribution in [-0.4, -0.2) is 26.6 Å². The molecule has 5 nitrogen and oxygen atoms in total. The number of aryl methyl sites for hydroxylation is 2. The van der Waals surface area contributed by atoms with Crippen molar-refractivity contribution in [1.29, 1.82) is 0 Å². The molecule has 26 heavy (non-hydrogen) atoms. The van der Waals surface area contributed by atoms with Crippen molar-refractivity contribution in [2.75, 3.05) is 6.54 Å². The van der Waals surface area contributed by atoms with E-state index in [9.17, 15) is 4.79 Å². The van der Waals surface area contributed by atoms with Gasteiger partial charge in [0.15, 0.2) is 0 Å². The fraction of sp³-hybridized carbons (Fsp3) is 0.238. The molecule has 0 spiro atoms. The average molecular weight is 346 g/mol. The molecular weight excluding hydrogens is 324 g/mol. The molecule has 0 aliphatic rings. The lowest BCUT2D eigenvalue weighted by molar-refractivity contribution is -0.121. The summed E-state index contributed by atoms with van der Waals surface area (Å²) in [6.45, 7) is 3.99. The highest BCUT2D eigenvalue weighted by Crippen LogP contribution is 2.19. The Hall–Kier alpha value is -3.08. The molecule has 0 radical (unpaired) electrons. The van der Waals surface area contributed by atoms with Gasteiger partial charge in [0.1, 0.15) is 6.54 Å². The van der Waals surface area contributed by atoms with E-state index in [1.165, 1.54) is 16.6 Å². The average Bonchev–Trinajstić information content (AvgIpc) is 3.20. The van der Waals surface area contributed by atoms with E-state index in [0.717, 1.165) is 24.0 Å². The molecule has 5 heteroatoms. The molecule has 1 N–H and O–H groups in total. The van der Waals surface area contributed by atoms with Crippen LogP contribution < -0.4 is 5.32 Å². The molecule has 0 saturated heterocycles. The van der Waals surface area contributed by atoms with Gasteiger partial charge in [-0.25, -0.2) is 4.98 Å². The maximum Gasteiger partial charge on any atom is 0.239 e. The first-order valence-electron chi connectivity index (χ1n) is 8.94. The number of fused-ring (bicyclic) bond motifs is 2. The van der Waals surface area contributed by atoms with Crippen molar-refractivity contribution in [3.05, 3.63) is 66.6 Å². The molecule has 0 fully saturated rings. The van der Waals surface area contributed by atoms with Crippen molar-refractivity contribution in [2.24, 2.45) is 0 Å². The second kappa shape index (κ2) is 7.04. The highest BCUT2D eigenvalue weighted by atomic mass is 16.1. The fourth-order valence-electron chi connectivity index (χ4n) is 3.46. The second-order valence-electron chi connectivity index (χ2n) is 6.56. The molecule has 0 unspecified atom stereocenters. The predicted octanol–water partition coefficient (Wildman–Crippen LogP) is 3.51. The minimum atomic E-state index is 0.0160. The van der Waals surface area contributed by atoms with Crippen molar-refractivity contribution >= 4 is 27.8 Å². The van der Waals surface area contributed by atoms with Crippen LogP contribution in [0.3, 0.4) is 0 Å². The number of hydrogen-bond acceptors (Lipinski definition) is 2. The van der Waals surface area contributed by atoms with Gasteiger partial charge in [0.2, 0.25) is 5.91 Å². The van der Waals surface area contributed by atoms with Crippen LogP contribution in [0.2, 0.25) is 0 Å². The van der Waals surface area contributed by atoms with Crippen LogP contribution in [0.25, 0.3) is 21.9 Å². The Morgan fingerprint density at radius 2 is 1.85 bits per heavy atom. The predicted molar refractivity (Wildman–Crippen MR) is 104 cm³/mol. The summed E-state index contributed by atoms with van der Waals surface area (Å²) in [5.41, 5.74) is 4.40. The third-order valence-corrected chi connectivity index (χ3v) is 4.74. The maximum atomic E-state index is 12.2. The van der Waals surface area contributed by atoms with Crippen LogP contribution >= 0.6 is 0 Å². The first kappa shape index (κ1) is 16.4. The zero-order valence-corrected chi connectivity index (χ0v) is 14.9. The fourth-order valence-corrected chi connectivity index (χ4v) is 3.46. The van der Waals surface area contributed by atoms with Crippen molar-refractivity contribution < 1.29 is 4.79 Å². The van der Waals surface area contributed by atoms with Gasteiger partial charge in [-0.3, -0.25) is 4.79 Å². The van der Waals surface area contributed by atoms with Gasteiger partial charge in [-0.2, -0.15) is 0 Å². The largest absolute Gasteiger partial charge is 0.354 e. The molecule has 0 atom stereocenters. The third kappa shape index (κ3) is 3.20. The van der Waals surface area contributed by atoms with Gasteiger partial charge in [-0.1, -0.05) is 30.3 Å². The number of benzene rings is 2. The highest BCUT2D eigenvalue weighted by molar-refractivity contribution is 5.81.